The van der Waals surface area contributed by atoms with Crippen LogP contribution in [0.25, 0.3) is 11.1 Å². The average molecular weight is 509 g/mol. The maximum absolute atomic E-state index is 12.8. The number of nitrogens with one attached hydrogen (secondary N) is 1. The van der Waals surface area contributed by atoms with Gasteiger partial charge in [0.2, 0.25) is 5.91 Å². The van der Waals surface area contributed by atoms with E-state index in [9.17, 15) is 9.59 Å². The Labute approximate surface area is 211 Å². The molecule has 0 aliphatic rings. The molecule has 2 aromatic carbocycles. The molecule has 0 fully saturated rings. The van der Waals surface area contributed by atoms with E-state index in [-0.39, 0.29) is 18.3 Å². The van der Waals surface area contributed by atoms with Gasteiger partial charge in [0.15, 0.2) is 11.0 Å². The number of anilines is 1. The summed E-state index contributed by atoms with van der Waals surface area (Å²) in [6.07, 6.45) is 0. The van der Waals surface area contributed by atoms with Crippen molar-refractivity contribution in [3.05, 3.63) is 76.9 Å². The summed E-state index contributed by atoms with van der Waals surface area (Å²) in [6, 6.07) is 19.0. The molecule has 4 rings (SSSR count). The molecule has 2 heterocycles. The summed E-state index contributed by atoms with van der Waals surface area (Å²) in [7, 11) is 3.16. The molecular formula is C25H24N4O4S2. The number of para-hydroxylation sites is 1. The highest BCUT2D eigenvalue weighted by Gasteiger charge is 2.25. The Morgan fingerprint density at radius 2 is 1.74 bits per heavy atom. The summed E-state index contributed by atoms with van der Waals surface area (Å²) in [5, 5.41) is 12.3. The van der Waals surface area contributed by atoms with Crippen LogP contribution < -0.4 is 10.1 Å². The van der Waals surface area contributed by atoms with Gasteiger partial charge >= 0.3 is 5.97 Å². The first-order valence-electron chi connectivity index (χ1n) is 10.7. The van der Waals surface area contributed by atoms with E-state index >= 15 is 0 Å². The molecule has 0 bridgehead atoms. The summed E-state index contributed by atoms with van der Waals surface area (Å²) in [5.74, 6) is 0.736. The Kier molecular flexibility index (Phi) is 7.84. The number of thiophene rings is 1. The highest BCUT2D eigenvalue weighted by Crippen LogP contribution is 2.40. The largest absolute Gasteiger partial charge is 0.486 e. The summed E-state index contributed by atoms with van der Waals surface area (Å²) in [6.45, 7) is 2.18. The minimum absolute atomic E-state index is 0.101. The Morgan fingerprint density at radius 3 is 2.43 bits per heavy atom. The third-order valence-corrected chi connectivity index (χ3v) is 7.20. The van der Waals surface area contributed by atoms with Gasteiger partial charge in [-0.2, -0.15) is 0 Å². The summed E-state index contributed by atoms with van der Waals surface area (Å²) in [4.78, 5) is 26.3. The second-order valence-corrected chi connectivity index (χ2v) is 9.66. The number of rotatable bonds is 9. The standard InChI is InChI=1S/C25H24N4O4S2/c1-16-21(17-10-6-4-7-11-17)22(24(31)32-3)23(35-16)26-20(30)15-34-25-28-27-19(29(25)2)14-33-18-12-8-5-9-13-18/h4-13H,14-15H2,1-3H3,(H,26,30). The lowest BCUT2D eigenvalue weighted by molar-refractivity contribution is -0.113. The van der Waals surface area contributed by atoms with Crippen LogP contribution in [0.15, 0.2) is 65.8 Å². The van der Waals surface area contributed by atoms with Gasteiger partial charge in [-0.05, 0) is 24.6 Å². The number of thioether (sulfide) groups is 1. The zero-order valence-electron chi connectivity index (χ0n) is 19.5. The van der Waals surface area contributed by atoms with Gasteiger partial charge in [0.05, 0.1) is 12.9 Å². The first-order valence-corrected chi connectivity index (χ1v) is 12.5. The topological polar surface area (TPSA) is 95.3 Å². The van der Waals surface area contributed by atoms with Gasteiger partial charge in [-0.25, -0.2) is 4.79 Å². The van der Waals surface area contributed by atoms with E-state index in [0.717, 1.165) is 21.8 Å². The average Bonchev–Trinajstić information content (AvgIpc) is 3.40. The van der Waals surface area contributed by atoms with Crippen LogP contribution in [0.4, 0.5) is 5.00 Å². The Morgan fingerprint density at radius 1 is 1.06 bits per heavy atom. The number of methoxy groups -OCH3 is 1. The molecular weight excluding hydrogens is 484 g/mol. The van der Waals surface area contributed by atoms with Gasteiger partial charge in [-0.1, -0.05) is 60.3 Å². The molecule has 0 unspecified atom stereocenters. The molecule has 0 radical (unpaired) electrons. The lowest BCUT2D eigenvalue weighted by Crippen LogP contribution is -2.16. The maximum atomic E-state index is 12.8. The second-order valence-electron chi connectivity index (χ2n) is 7.49. The molecule has 1 amide bonds. The number of aryl methyl sites for hydroxylation is 1. The van der Waals surface area contributed by atoms with E-state index < -0.39 is 5.97 Å². The van der Waals surface area contributed by atoms with Gasteiger partial charge in [-0.15, -0.1) is 21.5 Å². The molecule has 0 aliphatic carbocycles. The molecule has 0 atom stereocenters. The fraction of sp³-hybridized carbons (Fsp3) is 0.200. The number of carbonyl (C=O) groups is 2. The first-order chi connectivity index (χ1) is 17.0. The minimum Gasteiger partial charge on any atom is -0.486 e. The zero-order valence-corrected chi connectivity index (χ0v) is 21.1. The molecule has 2 aromatic heterocycles. The predicted molar refractivity (Wildman–Crippen MR) is 137 cm³/mol. The quantitative estimate of drug-likeness (QED) is 0.252. The molecule has 0 saturated heterocycles. The minimum atomic E-state index is -0.493. The molecule has 0 aliphatic heterocycles. The first kappa shape index (κ1) is 24.5. The summed E-state index contributed by atoms with van der Waals surface area (Å²) in [5.41, 5.74) is 2.01. The predicted octanol–water partition coefficient (Wildman–Crippen LogP) is 4.95. The number of hydrogen-bond donors (Lipinski definition) is 1. The van der Waals surface area contributed by atoms with Crippen LogP contribution in [0.3, 0.4) is 0 Å². The van der Waals surface area contributed by atoms with Gasteiger partial charge in [0, 0.05) is 17.5 Å². The van der Waals surface area contributed by atoms with Crippen molar-refractivity contribution in [1.82, 2.24) is 14.8 Å². The Hall–Kier alpha value is -3.63. The van der Waals surface area contributed by atoms with Crippen molar-refractivity contribution in [3.8, 4) is 16.9 Å². The van der Waals surface area contributed by atoms with Crippen LogP contribution in [-0.2, 0) is 23.2 Å². The lowest BCUT2D eigenvalue weighted by atomic mass is 10.0. The van der Waals surface area contributed by atoms with E-state index in [0.29, 0.717) is 21.5 Å². The van der Waals surface area contributed by atoms with E-state index in [4.69, 9.17) is 9.47 Å². The van der Waals surface area contributed by atoms with Crippen molar-refractivity contribution < 1.29 is 19.1 Å². The number of carbonyl (C=O) groups excluding carboxylic acids is 2. The molecule has 4 aromatic rings. The fourth-order valence-electron chi connectivity index (χ4n) is 3.44. The number of benzene rings is 2. The zero-order chi connectivity index (χ0) is 24.8. The van der Waals surface area contributed by atoms with E-state index in [1.807, 2.05) is 74.6 Å². The number of nitrogens with zero attached hydrogens (tertiary/aromatic N) is 3. The van der Waals surface area contributed by atoms with Crippen molar-refractivity contribution >= 4 is 40.0 Å². The molecule has 0 spiro atoms. The van der Waals surface area contributed by atoms with Gasteiger partial charge in [-0.3, -0.25) is 4.79 Å². The Bertz CT molecular complexity index is 1320. The molecule has 8 nitrogen and oxygen atoms in total. The van der Waals surface area contributed by atoms with Crippen molar-refractivity contribution in [1.29, 1.82) is 0 Å². The molecule has 35 heavy (non-hydrogen) atoms. The number of ether oxygens (including phenoxy) is 2. The highest BCUT2D eigenvalue weighted by atomic mass is 32.2. The van der Waals surface area contributed by atoms with Crippen LogP contribution in [0.2, 0.25) is 0 Å². The summed E-state index contributed by atoms with van der Waals surface area (Å²) < 4.78 is 12.5. The summed E-state index contributed by atoms with van der Waals surface area (Å²) >= 11 is 2.60. The second kappa shape index (κ2) is 11.2. The fourth-order valence-corrected chi connectivity index (χ4v) is 5.25. The van der Waals surface area contributed by atoms with Crippen LogP contribution in [0.5, 0.6) is 5.75 Å². The van der Waals surface area contributed by atoms with Crippen molar-refractivity contribution in [3.63, 3.8) is 0 Å². The van der Waals surface area contributed by atoms with E-state index in [1.54, 1.807) is 4.57 Å². The van der Waals surface area contributed by atoms with Crippen molar-refractivity contribution in [2.24, 2.45) is 7.05 Å². The number of hydrogen-bond acceptors (Lipinski definition) is 8. The third-order valence-electron chi connectivity index (χ3n) is 5.16. The number of aromatic nitrogens is 3. The lowest BCUT2D eigenvalue weighted by Gasteiger charge is -2.08. The monoisotopic (exact) mass is 508 g/mol. The molecule has 0 saturated carbocycles. The van der Waals surface area contributed by atoms with E-state index in [1.165, 1.54) is 30.2 Å². The Balaban J connectivity index is 1.43. The highest BCUT2D eigenvalue weighted by molar-refractivity contribution is 7.99. The third kappa shape index (κ3) is 5.72. The molecule has 10 heteroatoms. The van der Waals surface area contributed by atoms with Crippen molar-refractivity contribution in [2.75, 3.05) is 18.2 Å². The molecule has 1 N–H and O–H groups in total. The van der Waals surface area contributed by atoms with Crippen LogP contribution in [-0.4, -0.2) is 39.5 Å². The van der Waals surface area contributed by atoms with Crippen molar-refractivity contribution in [2.45, 2.75) is 18.7 Å². The van der Waals surface area contributed by atoms with Gasteiger partial charge < -0.3 is 19.4 Å². The van der Waals surface area contributed by atoms with E-state index in [2.05, 4.69) is 15.5 Å². The normalized spacial score (nSPS) is 10.7. The SMILES string of the molecule is COC(=O)c1c(NC(=O)CSc2nnc(COc3ccccc3)n2C)sc(C)c1-c1ccccc1. The number of esters is 1. The van der Waals surface area contributed by atoms with Gasteiger partial charge in [0.25, 0.3) is 0 Å². The smallest absolute Gasteiger partial charge is 0.341 e. The molecule has 180 valence electrons. The number of amides is 1. The van der Waals surface area contributed by atoms with Crippen LogP contribution in [0.1, 0.15) is 21.1 Å². The maximum Gasteiger partial charge on any atom is 0.341 e. The van der Waals surface area contributed by atoms with Crippen LogP contribution >= 0.6 is 23.1 Å². The van der Waals surface area contributed by atoms with Crippen LogP contribution in [0, 0.1) is 6.92 Å². The van der Waals surface area contributed by atoms with Gasteiger partial charge in [0.1, 0.15) is 22.9 Å².